The first kappa shape index (κ1) is 22.5. The molecule has 0 bridgehead atoms. The molecule has 0 radical (unpaired) electrons. The number of likely N-dealkylation sites (N-methyl/N-ethyl adjacent to an activating group) is 1. The van der Waals surface area contributed by atoms with Crippen molar-refractivity contribution in [2.75, 3.05) is 46.3 Å². The maximum Gasteiger partial charge on any atom is 0.243 e. The van der Waals surface area contributed by atoms with Gasteiger partial charge in [-0.1, -0.05) is 11.6 Å². The number of nitrogens with zero attached hydrogens (tertiary/aromatic N) is 5. The van der Waals surface area contributed by atoms with Crippen molar-refractivity contribution in [3.05, 3.63) is 30.2 Å². The van der Waals surface area contributed by atoms with Gasteiger partial charge in [-0.15, -0.1) is 0 Å². The molecule has 2 saturated heterocycles. The number of rotatable bonds is 5. The number of benzene rings is 1. The molecule has 33 heavy (non-hydrogen) atoms. The van der Waals surface area contributed by atoms with E-state index in [4.69, 9.17) is 4.52 Å². The molecule has 9 nitrogen and oxygen atoms in total. The molecular weight excluding hydrogens is 442 g/mol. The SMILES string of the molecule is CN1CCN(S(=O)(=O)c2ccc(-c3noc(C4CCN(C(=O)C5CCC5)CC4)n3)cc2)CC1. The quantitative estimate of drug-likeness (QED) is 0.656. The lowest BCUT2D eigenvalue weighted by Gasteiger charge is -2.35. The van der Waals surface area contributed by atoms with E-state index in [1.54, 1.807) is 24.3 Å². The Labute approximate surface area is 194 Å². The molecular formula is C23H31N5O4S. The summed E-state index contributed by atoms with van der Waals surface area (Å²) in [5.41, 5.74) is 0.722. The monoisotopic (exact) mass is 473 g/mol. The van der Waals surface area contributed by atoms with Gasteiger partial charge in [0.15, 0.2) is 0 Å². The third-order valence-electron chi connectivity index (χ3n) is 7.26. The summed E-state index contributed by atoms with van der Waals surface area (Å²) in [5, 5.41) is 4.12. The summed E-state index contributed by atoms with van der Waals surface area (Å²) in [6.45, 7) is 3.93. The number of hydrogen-bond donors (Lipinski definition) is 0. The number of likely N-dealkylation sites (tertiary alicyclic amines) is 1. The van der Waals surface area contributed by atoms with Crippen LogP contribution in [0.3, 0.4) is 0 Å². The van der Waals surface area contributed by atoms with Crippen molar-refractivity contribution < 1.29 is 17.7 Å². The van der Waals surface area contributed by atoms with Crippen LogP contribution in [0, 0.1) is 5.92 Å². The highest BCUT2D eigenvalue weighted by Crippen LogP contribution is 2.33. The minimum absolute atomic E-state index is 0.147. The van der Waals surface area contributed by atoms with E-state index in [9.17, 15) is 13.2 Å². The second-order valence-electron chi connectivity index (χ2n) is 9.42. The van der Waals surface area contributed by atoms with Crippen molar-refractivity contribution >= 4 is 15.9 Å². The third-order valence-corrected chi connectivity index (χ3v) is 9.18. The van der Waals surface area contributed by atoms with Crippen molar-refractivity contribution in [2.45, 2.75) is 42.9 Å². The van der Waals surface area contributed by atoms with E-state index in [0.717, 1.165) is 57.4 Å². The summed E-state index contributed by atoms with van der Waals surface area (Å²) < 4.78 is 32.9. The zero-order chi connectivity index (χ0) is 23.0. The van der Waals surface area contributed by atoms with Crippen molar-refractivity contribution in [2.24, 2.45) is 5.92 Å². The Morgan fingerprint density at radius 2 is 1.64 bits per heavy atom. The molecule has 2 aromatic rings. The minimum atomic E-state index is -3.50. The van der Waals surface area contributed by atoms with Gasteiger partial charge in [0.05, 0.1) is 4.90 Å². The molecule has 0 spiro atoms. The maximum atomic E-state index is 12.9. The molecule has 0 N–H and O–H groups in total. The van der Waals surface area contributed by atoms with Crippen molar-refractivity contribution in [1.29, 1.82) is 0 Å². The van der Waals surface area contributed by atoms with Gasteiger partial charge in [0.1, 0.15) is 0 Å². The van der Waals surface area contributed by atoms with Crippen LogP contribution < -0.4 is 0 Å². The molecule has 1 aromatic heterocycles. The number of piperazine rings is 1. The molecule has 3 aliphatic rings. The predicted octanol–water partition coefficient (Wildman–Crippen LogP) is 2.18. The molecule has 2 aliphatic heterocycles. The van der Waals surface area contributed by atoms with Crippen LogP contribution in [0.2, 0.25) is 0 Å². The molecule has 178 valence electrons. The zero-order valence-electron chi connectivity index (χ0n) is 19.0. The number of carbonyl (C=O) groups is 1. The van der Waals surface area contributed by atoms with Crippen LogP contribution >= 0.6 is 0 Å². The first-order chi connectivity index (χ1) is 15.9. The normalized spacial score (nSPS) is 21.8. The summed E-state index contributed by atoms with van der Waals surface area (Å²) >= 11 is 0. The lowest BCUT2D eigenvalue weighted by molar-refractivity contribution is -0.139. The molecule has 10 heteroatoms. The number of sulfonamides is 1. The van der Waals surface area contributed by atoms with Crippen molar-refractivity contribution in [3.63, 3.8) is 0 Å². The van der Waals surface area contributed by atoms with Crippen LogP contribution in [0.4, 0.5) is 0 Å². The molecule has 1 aliphatic carbocycles. The molecule has 3 fully saturated rings. The molecule has 0 unspecified atom stereocenters. The minimum Gasteiger partial charge on any atom is -0.342 e. The van der Waals surface area contributed by atoms with Gasteiger partial charge in [-0.3, -0.25) is 4.79 Å². The second kappa shape index (κ2) is 9.15. The molecule has 1 aromatic carbocycles. The average molecular weight is 474 g/mol. The van der Waals surface area contributed by atoms with Gasteiger partial charge < -0.3 is 14.3 Å². The fraction of sp³-hybridized carbons (Fsp3) is 0.609. The zero-order valence-corrected chi connectivity index (χ0v) is 19.8. The number of carbonyl (C=O) groups excluding carboxylic acids is 1. The Morgan fingerprint density at radius 1 is 0.970 bits per heavy atom. The Kier molecular flexibility index (Phi) is 6.24. The molecule has 1 amide bonds. The summed E-state index contributed by atoms with van der Waals surface area (Å²) in [4.78, 5) is 21.4. The van der Waals surface area contributed by atoms with Crippen molar-refractivity contribution in [1.82, 2.24) is 24.2 Å². The predicted molar refractivity (Wildman–Crippen MR) is 122 cm³/mol. The Bertz CT molecular complexity index is 1080. The van der Waals surface area contributed by atoms with E-state index in [-0.39, 0.29) is 16.7 Å². The summed E-state index contributed by atoms with van der Waals surface area (Å²) in [5.74, 6) is 1.74. The van der Waals surface area contributed by atoms with Gasteiger partial charge in [-0.05, 0) is 57.0 Å². The van der Waals surface area contributed by atoms with E-state index in [2.05, 4.69) is 15.0 Å². The lowest BCUT2D eigenvalue weighted by Crippen LogP contribution is -2.46. The van der Waals surface area contributed by atoms with Gasteiger partial charge in [0.25, 0.3) is 0 Å². The van der Waals surface area contributed by atoms with Crippen LogP contribution in [-0.4, -0.2) is 84.9 Å². The molecule has 0 atom stereocenters. The molecule has 1 saturated carbocycles. The van der Waals surface area contributed by atoms with E-state index < -0.39 is 10.0 Å². The lowest BCUT2D eigenvalue weighted by atomic mass is 9.83. The Hall–Kier alpha value is -2.30. The van der Waals surface area contributed by atoms with Crippen LogP contribution in [0.15, 0.2) is 33.7 Å². The first-order valence-electron chi connectivity index (χ1n) is 11.8. The molecule has 3 heterocycles. The van der Waals surface area contributed by atoms with Gasteiger partial charge in [0, 0.05) is 56.7 Å². The van der Waals surface area contributed by atoms with Gasteiger partial charge in [0.2, 0.25) is 27.6 Å². The highest BCUT2D eigenvalue weighted by molar-refractivity contribution is 7.89. The average Bonchev–Trinajstić information content (AvgIpc) is 3.29. The maximum absolute atomic E-state index is 12.9. The van der Waals surface area contributed by atoms with E-state index in [1.807, 2.05) is 11.9 Å². The fourth-order valence-electron chi connectivity index (χ4n) is 4.73. The summed E-state index contributed by atoms with van der Waals surface area (Å²) in [6, 6.07) is 6.70. The van der Waals surface area contributed by atoms with Crippen LogP contribution in [0.1, 0.15) is 43.9 Å². The number of piperidine rings is 1. The van der Waals surface area contributed by atoms with E-state index in [1.165, 1.54) is 10.7 Å². The van der Waals surface area contributed by atoms with Gasteiger partial charge in [-0.2, -0.15) is 9.29 Å². The van der Waals surface area contributed by atoms with Crippen LogP contribution in [-0.2, 0) is 14.8 Å². The third kappa shape index (κ3) is 4.56. The highest BCUT2D eigenvalue weighted by Gasteiger charge is 2.33. The Balaban J connectivity index is 1.22. The molecule has 5 rings (SSSR count). The van der Waals surface area contributed by atoms with Gasteiger partial charge in [-0.25, -0.2) is 8.42 Å². The van der Waals surface area contributed by atoms with Crippen molar-refractivity contribution in [3.8, 4) is 11.4 Å². The van der Waals surface area contributed by atoms with Crippen LogP contribution in [0.25, 0.3) is 11.4 Å². The van der Waals surface area contributed by atoms with Gasteiger partial charge >= 0.3 is 0 Å². The number of aromatic nitrogens is 2. The topological polar surface area (TPSA) is 99.9 Å². The smallest absolute Gasteiger partial charge is 0.243 e. The number of hydrogen-bond acceptors (Lipinski definition) is 7. The number of amides is 1. The van der Waals surface area contributed by atoms with E-state index >= 15 is 0 Å². The largest absolute Gasteiger partial charge is 0.342 e. The highest BCUT2D eigenvalue weighted by atomic mass is 32.2. The van der Waals surface area contributed by atoms with Crippen LogP contribution in [0.5, 0.6) is 0 Å². The Morgan fingerprint density at radius 3 is 2.24 bits per heavy atom. The second-order valence-corrected chi connectivity index (χ2v) is 11.4. The standard InChI is InChI=1S/C23H31N5O4S/c1-26-13-15-28(16-14-26)33(30,31)20-7-5-17(6-8-20)21-24-22(32-25-21)18-9-11-27(12-10-18)23(29)19-3-2-4-19/h5-8,18-19H,2-4,9-16H2,1H3. The fourth-order valence-corrected chi connectivity index (χ4v) is 6.15. The van der Waals surface area contributed by atoms with E-state index in [0.29, 0.717) is 30.7 Å². The summed E-state index contributed by atoms with van der Waals surface area (Å²) in [7, 11) is -1.51. The summed E-state index contributed by atoms with van der Waals surface area (Å²) in [6.07, 6.45) is 4.87. The first-order valence-corrected chi connectivity index (χ1v) is 13.3.